The Balaban J connectivity index is 0. The van der Waals surface area contributed by atoms with Gasteiger partial charge in [-0.2, -0.15) is 0 Å². The van der Waals surface area contributed by atoms with Crippen molar-refractivity contribution >= 4 is 0 Å². The predicted molar refractivity (Wildman–Crippen MR) is 77.1 cm³/mol. The molecule has 0 atom stereocenters. The van der Waals surface area contributed by atoms with Crippen molar-refractivity contribution in [3.05, 3.63) is 0 Å². The van der Waals surface area contributed by atoms with Crippen molar-refractivity contribution in [3.63, 3.8) is 0 Å². The summed E-state index contributed by atoms with van der Waals surface area (Å²) in [5, 5.41) is 3.20. The number of hydrogen-bond acceptors (Lipinski definition) is 1. The lowest BCUT2D eigenvalue weighted by Gasteiger charge is -1.97. The Hall–Kier alpha value is -0.0400. The normalized spacial score (nSPS) is 9.75. The molecule has 0 saturated heterocycles. The van der Waals surface area contributed by atoms with Crippen LogP contribution in [0.5, 0.6) is 0 Å². The average molecular weight is 229 g/mol. The predicted octanol–water partition coefficient (Wildman–Crippen LogP) is 5.15. The van der Waals surface area contributed by atoms with Gasteiger partial charge >= 0.3 is 0 Å². The summed E-state index contributed by atoms with van der Waals surface area (Å²) >= 11 is 0. The Morgan fingerprint density at radius 3 is 1.25 bits per heavy atom. The molecule has 0 radical (unpaired) electrons. The molecule has 0 rings (SSSR count). The topological polar surface area (TPSA) is 12.0 Å². The van der Waals surface area contributed by atoms with Crippen molar-refractivity contribution in [3.8, 4) is 0 Å². The van der Waals surface area contributed by atoms with E-state index in [9.17, 15) is 0 Å². The third-order valence-corrected chi connectivity index (χ3v) is 2.63. The Morgan fingerprint density at radius 1 is 0.562 bits per heavy atom. The molecule has 1 nitrogen and oxygen atoms in total. The van der Waals surface area contributed by atoms with Gasteiger partial charge < -0.3 is 5.32 Å². The first kappa shape index (κ1) is 18.3. The molecule has 0 saturated carbocycles. The summed E-state index contributed by atoms with van der Waals surface area (Å²) in [5.74, 6) is 0. The fraction of sp³-hybridized carbons (Fsp3) is 1.00. The maximum atomic E-state index is 3.20. The van der Waals surface area contributed by atoms with Crippen LogP contribution in [0.25, 0.3) is 0 Å². The van der Waals surface area contributed by atoms with Gasteiger partial charge in [0.2, 0.25) is 0 Å². The molecule has 0 bridgehead atoms. The van der Waals surface area contributed by atoms with E-state index >= 15 is 0 Å². The fourth-order valence-electron chi connectivity index (χ4n) is 1.56. The van der Waals surface area contributed by atoms with Crippen molar-refractivity contribution < 1.29 is 0 Å². The largest absolute Gasteiger partial charge is 0.317 e. The summed E-state index contributed by atoms with van der Waals surface area (Å²) in [7, 11) is 0. The van der Waals surface area contributed by atoms with Gasteiger partial charge in [0.05, 0.1) is 0 Å². The lowest BCUT2D eigenvalue weighted by molar-refractivity contribution is 0.585. The molecule has 0 aliphatic heterocycles. The van der Waals surface area contributed by atoms with E-state index in [1.165, 1.54) is 57.8 Å². The number of rotatable bonds is 10. The van der Waals surface area contributed by atoms with Gasteiger partial charge in [-0.25, -0.2) is 0 Å². The summed E-state index contributed by atoms with van der Waals surface area (Å²) in [4.78, 5) is 0. The highest BCUT2D eigenvalue weighted by atomic mass is 14.8. The lowest BCUT2D eigenvalue weighted by Crippen LogP contribution is -2.12. The highest BCUT2D eigenvalue weighted by Crippen LogP contribution is 2.07. The highest BCUT2D eigenvalue weighted by molar-refractivity contribution is 4.43. The van der Waals surface area contributed by atoms with Gasteiger partial charge in [0.25, 0.3) is 0 Å². The van der Waals surface area contributed by atoms with E-state index in [1.54, 1.807) is 0 Å². The Kier molecular flexibility index (Phi) is 23.3. The first-order valence-corrected chi connectivity index (χ1v) is 7.54. The smallest absolute Gasteiger partial charge is 0.00517 e. The van der Waals surface area contributed by atoms with E-state index < -0.39 is 0 Å². The van der Waals surface area contributed by atoms with Gasteiger partial charge in [-0.1, -0.05) is 79.1 Å². The van der Waals surface area contributed by atoms with Crippen LogP contribution in [0.1, 0.15) is 85.5 Å². The van der Waals surface area contributed by atoms with E-state index in [4.69, 9.17) is 0 Å². The number of hydrogen-bond donors (Lipinski definition) is 1. The highest BCUT2D eigenvalue weighted by Gasteiger charge is 1.87. The summed E-state index contributed by atoms with van der Waals surface area (Å²) in [6.45, 7) is 11.1. The van der Waals surface area contributed by atoms with Gasteiger partial charge in [-0.15, -0.1) is 0 Å². The van der Waals surface area contributed by atoms with Gasteiger partial charge in [-0.3, -0.25) is 0 Å². The van der Waals surface area contributed by atoms with E-state index in [0.29, 0.717) is 0 Å². The minimum absolute atomic E-state index is 1.10. The summed E-state index contributed by atoms with van der Waals surface area (Å²) in [5.41, 5.74) is 0. The molecule has 0 fully saturated rings. The standard InChI is InChI=1S/C10H22.C5H13N/c1-3-5-7-9-10-8-6-4-2;1-3-5-6-4-2/h3-10H2,1-2H3;6H,3-5H2,1-2H3. The van der Waals surface area contributed by atoms with Crippen LogP contribution in [0.4, 0.5) is 0 Å². The molecule has 0 amide bonds. The third kappa shape index (κ3) is 23.6. The van der Waals surface area contributed by atoms with E-state index in [-0.39, 0.29) is 0 Å². The molecule has 0 unspecified atom stereocenters. The molecular formula is C15H35N. The van der Waals surface area contributed by atoms with Crippen LogP contribution in [0.3, 0.4) is 0 Å². The quantitative estimate of drug-likeness (QED) is 0.511. The molecule has 100 valence electrons. The molecule has 16 heavy (non-hydrogen) atoms. The molecule has 0 aromatic heterocycles. The van der Waals surface area contributed by atoms with Crippen LogP contribution in [0, 0.1) is 0 Å². The molecule has 0 spiro atoms. The van der Waals surface area contributed by atoms with Crippen molar-refractivity contribution in [1.29, 1.82) is 0 Å². The van der Waals surface area contributed by atoms with E-state index in [0.717, 1.165) is 13.1 Å². The Bertz CT molecular complexity index is 79.4. The van der Waals surface area contributed by atoms with Crippen LogP contribution in [0.2, 0.25) is 0 Å². The minimum Gasteiger partial charge on any atom is -0.317 e. The summed E-state index contributed by atoms with van der Waals surface area (Å²) < 4.78 is 0. The molecular weight excluding hydrogens is 194 g/mol. The lowest BCUT2D eigenvalue weighted by atomic mass is 10.1. The van der Waals surface area contributed by atoms with E-state index in [1.807, 2.05) is 0 Å². The average Bonchev–Trinajstić information content (AvgIpc) is 2.32. The van der Waals surface area contributed by atoms with Crippen molar-refractivity contribution in [2.75, 3.05) is 13.1 Å². The second-order valence-corrected chi connectivity index (χ2v) is 4.47. The number of unbranched alkanes of at least 4 members (excludes halogenated alkanes) is 7. The zero-order valence-electron chi connectivity index (χ0n) is 12.3. The van der Waals surface area contributed by atoms with Gasteiger partial charge in [0.15, 0.2) is 0 Å². The van der Waals surface area contributed by atoms with Crippen molar-refractivity contribution in [1.82, 2.24) is 5.32 Å². The molecule has 0 heterocycles. The van der Waals surface area contributed by atoms with E-state index in [2.05, 4.69) is 33.0 Å². The van der Waals surface area contributed by atoms with Crippen LogP contribution in [-0.4, -0.2) is 13.1 Å². The first-order chi connectivity index (χ1) is 7.83. The first-order valence-electron chi connectivity index (χ1n) is 7.54. The maximum absolute atomic E-state index is 3.20. The SMILES string of the molecule is CCCCCCCCCC.CCCNCC. The van der Waals surface area contributed by atoms with Crippen molar-refractivity contribution in [2.45, 2.75) is 85.5 Å². The number of nitrogens with one attached hydrogen (secondary N) is 1. The summed E-state index contributed by atoms with van der Waals surface area (Å²) in [6.07, 6.45) is 12.7. The fourth-order valence-corrected chi connectivity index (χ4v) is 1.56. The second-order valence-electron chi connectivity index (χ2n) is 4.47. The molecule has 0 aliphatic carbocycles. The summed E-state index contributed by atoms with van der Waals surface area (Å²) in [6, 6.07) is 0. The Morgan fingerprint density at radius 2 is 1.00 bits per heavy atom. The third-order valence-electron chi connectivity index (χ3n) is 2.63. The van der Waals surface area contributed by atoms with Crippen LogP contribution in [-0.2, 0) is 0 Å². The molecule has 1 heteroatoms. The van der Waals surface area contributed by atoms with Gasteiger partial charge in [-0.05, 0) is 19.5 Å². The van der Waals surface area contributed by atoms with Crippen LogP contribution < -0.4 is 5.32 Å². The zero-order valence-corrected chi connectivity index (χ0v) is 12.3. The minimum atomic E-state index is 1.10. The maximum Gasteiger partial charge on any atom is -0.00517 e. The van der Waals surface area contributed by atoms with Gasteiger partial charge in [0.1, 0.15) is 0 Å². The monoisotopic (exact) mass is 229 g/mol. The van der Waals surface area contributed by atoms with Gasteiger partial charge in [0, 0.05) is 0 Å². The Labute approximate surface area is 104 Å². The molecule has 0 aliphatic rings. The van der Waals surface area contributed by atoms with Crippen LogP contribution >= 0.6 is 0 Å². The molecule has 0 aromatic rings. The second kappa shape index (κ2) is 20.4. The molecule has 0 aromatic carbocycles. The zero-order chi connectivity index (χ0) is 12.5. The van der Waals surface area contributed by atoms with Crippen molar-refractivity contribution in [2.24, 2.45) is 0 Å². The van der Waals surface area contributed by atoms with Crippen LogP contribution in [0.15, 0.2) is 0 Å². The molecule has 1 N–H and O–H groups in total.